The number of benzene rings is 1. The van der Waals surface area contributed by atoms with Crippen molar-refractivity contribution in [2.75, 3.05) is 0 Å². The smallest absolute Gasteiger partial charge is 0.223 e. The third kappa shape index (κ3) is 2.68. The molecule has 2 rings (SSSR count). The van der Waals surface area contributed by atoms with Crippen LogP contribution < -0.4 is 10.5 Å². The first-order valence-electron chi connectivity index (χ1n) is 6.16. The van der Waals surface area contributed by atoms with Crippen LogP contribution in [0, 0.1) is 6.92 Å². The van der Waals surface area contributed by atoms with Crippen molar-refractivity contribution in [1.29, 1.82) is 0 Å². The fraction of sp³-hybridized carbons (Fsp3) is 0.267. The monoisotopic (exact) mass is 242 g/mol. The van der Waals surface area contributed by atoms with E-state index in [9.17, 15) is 0 Å². The number of nitrogens with two attached hydrogens (primary N) is 1. The van der Waals surface area contributed by atoms with Gasteiger partial charge in [-0.2, -0.15) is 0 Å². The molecule has 18 heavy (non-hydrogen) atoms. The Balaban J connectivity index is 2.30. The number of aromatic nitrogens is 1. The van der Waals surface area contributed by atoms with Gasteiger partial charge in [0.15, 0.2) is 0 Å². The Hall–Kier alpha value is -1.87. The molecule has 94 valence electrons. The lowest BCUT2D eigenvalue weighted by Crippen LogP contribution is -2.03. The number of hydrogen-bond donors (Lipinski definition) is 1. The van der Waals surface area contributed by atoms with Gasteiger partial charge in [-0.3, -0.25) is 0 Å². The molecule has 1 heterocycles. The molecule has 0 spiro atoms. The first-order chi connectivity index (χ1) is 8.74. The van der Waals surface area contributed by atoms with Crippen molar-refractivity contribution < 1.29 is 4.74 Å². The van der Waals surface area contributed by atoms with Crippen molar-refractivity contribution in [3.8, 4) is 11.6 Å². The molecule has 0 unspecified atom stereocenters. The maximum Gasteiger partial charge on any atom is 0.223 e. The van der Waals surface area contributed by atoms with Gasteiger partial charge in [-0.1, -0.05) is 19.1 Å². The lowest BCUT2D eigenvalue weighted by molar-refractivity contribution is 0.455. The summed E-state index contributed by atoms with van der Waals surface area (Å²) in [5.74, 6) is 1.41. The van der Waals surface area contributed by atoms with Gasteiger partial charge < -0.3 is 10.5 Å². The van der Waals surface area contributed by atoms with Crippen LogP contribution in [0.15, 0.2) is 36.5 Å². The van der Waals surface area contributed by atoms with E-state index in [-0.39, 0.29) is 0 Å². The fourth-order valence-corrected chi connectivity index (χ4v) is 1.84. The van der Waals surface area contributed by atoms with Crippen molar-refractivity contribution in [3.05, 3.63) is 53.2 Å². The average Bonchev–Trinajstić information content (AvgIpc) is 2.39. The first kappa shape index (κ1) is 12.6. The fourth-order valence-electron chi connectivity index (χ4n) is 1.84. The minimum atomic E-state index is 0.433. The molecule has 2 N–H and O–H groups in total. The predicted molar refractivity (Wildman–Crippen MR) is 72.8 cm³/mol. The van der Waals surface area contributed by atoms with Gasteiger partial charge >= 0.3 is 0 Å². The molecule has 2 aromatic rings. The summed E-state index contributed by atoms with van der Waals surface area (Å²) in [6.45, 7) is 4.57. The summed E-state index contributed by atoms with van der Waals surface area (Å²) in [5, 5.41) is 0. The Bertz CT molecular complexity index is 538. The topological polar surface area (TPSA) is 48.1 Å². The second-order valence-corrected chi connectivity index (χ2v) is 4.22. The molecule has 0 saturated heterocycles. The highest BCUT2D eigenvalue weighted by atomic mass is 16.5. The maximum absolute atomic E-state index is 5.83. The largest absolute Gasteiger partial charge is 0.439 e. The van der Waals surface area contributed by atoms with E-state index in [1.807, 2.05) is 31.2 Å². The minimum Gasteiger partial charge on any atom is -0.439 e. The summed E-state index contributed by atoms with van der Waals surface area (Å²) in [5.41, 5.74) is 9.05. The van der Waals surface area contributed by atoms with Crippen molar-refractivity contribution in [2.24, 2.45) is 5.73 Å². The molecule has 0 radical (unpaired) electrons. The molecular formula is C15H18N2O. The molecular weight excluding hydrogens is 224 g/mol. The van der Waals surface area contributed by atoms with E-state index in [1.54, 1.807) is 6.20 Å². The Labute approximate surface area is 108 Å². The van der Waals surface area contributed by atoms with E-state index in [0.29, 0.717) is 12.4 Å². The zero-order valence-electron chi connectivity index (χ0n) is 10.8. The molecule has 0 aliphatic heterocycles. The van der Waals surface area contributed by atoms with E-state index in [4.69, 9.17) is 10.5 Å². The molecule has 0 atom stereocenters. The zero-order chi connectivity index (χ0) is 13.0. The SMILES string of the molecule is CCc1cccc(Oc2nccc(C)c2CN)c1. The van der Waals surface area contributed by atoms with E-state index in [2.05, 4.69) is 18.0 Å². The molecule has 0 bridgehead atoms. The summed E-state index contributed by atoms with van der Waals surface area (Å²) >= 11 is 0. The van der Waals surface area contributed by atoms with Crippen LogP contribution in [0.3, 0.4) is 0 Å². The quantitative estimate of drug-likeness (QED) is 0.895. The van der Waals surface area contributed by atoms with Gasteiger partial charge in [0.1, 0.15) is 5.75 Å². The minimum absolute atomic E-state index is 0.433. The van der Waals surface area contributed by atoms with Crippen LogP contribution >= 0.6 is 0 Å². The van der Waals surface area contributed by atoms with E-state index >= 15 is 0 Å². The molecule has 0 aliphatic rings. The molecule has 0 amide bonds. The third-order valence-electron chi connectivity index (χ3n) is 2.98. The normalized spacial score (nSPS) is 10.4. The second kappa shape index (κ2) is 5.65. The lowest BCUT2D eigenvalue weighted by Gasteiger charge is -2.11. The standard InChI is InChI=1S/C15H18N2O/c1-3-12-5-4-6-13(9-12)18-15-14(10-16)11(2)7-8-17-15/h4-9H,3,10,16H2,1-2H3. The van der Waals surface area contributed by atoms with Crippen LogP contribution in [0.4, 0.5) is 0 Å². The number of hydrogen-bond acceptors (Lipinski definition) is 3. The van der Waals surface area contributed by atoms with Crippen molar-refractivity contribution in [1.82, 2.24) is 4.98 Å². The molecule has 3 nitrogen and oxygen atoms in total. The van der Waals surface area contributed by atoms with Crippen molar-refractivity contribution >= 4 is 0 Å². The van der Waals surface area contributed by atoms with Crippen LogP contribution in [0.2, 0.25) is 0 Å². The molecule has 0 saturated carbocycles. The van der Waals surface area contributed by atoms with Crippen LogP contribution in [0.5, 0.6) is 11.6 Å². The third-order valence-corrected chi connectivity index (χ3v) is 2.98. The van der Waals surface area contributed by atoms with E-state index in [1.165, 1.54) is 5.56 Å². The Kier molecular flexibility index (Phi) is 3.95. The number of aryl methyl sites for hydroxylation is 2. The van der Waals surface area contributed by atoms with E-state index < -0.39 is 0 Å². The van der Waals surface area contributed by atoms with Crippen molar-refractivity contribution in [2.45, 2.75) is 26.8 Å². The summed E-state index contributed by atoms with van der Waals surface area (Å²) in [6.07, 6.45) is 2.73. The van der Waals surface area contributed by atoms with Crippen LogP contribution in [-0.4, -0.2) is 4.98 Å². The van der Waals surface area contributed by atoms with Crippen LogP contribution in [-0.2, 0) is 13.0 Å². The Morgan fingerprint density at radius 1 is 1.28 bits per heavy atom. The number of rotatable bonds is 4. The number of ether oxygens (including phenoxy) is 1. The van der Waals surface area contributed by atoms with Crippen molar-refractivity contribution in [3.63, 3.8) is 0 Å². The van der Waals surface area contributed by atoms with Gasteiger partial charge in [0, 0.05) is 18.3 Å². The highest BCUT2D eigenvalue weighted by Gasteiger charge is 2.08. The molecule has 1 aromatic heterocycles. The Morgan fingerprint density at radius 2 is 2.11 bits per heavy atom. The van der Waals surface area contributed by atoms with Gasteiger partial charge in [-0.25, -0.2) is 4.98 Å². The summed E-state index contributed by atoms with van der Waals surface area (Å²) in [6, 6.07) is 9.98. The maximum atomic E-state index is 5.83. The first-order valence-corrected chi connectivity index (χ1v) is 6.16. The molecule has 0 aliphatic carbocycles. The highest BCUT2D eigenvalue weighted by molar-refractivity contribution is 5.38. The molecule has 0 fully saturated rings. The Morgan fingerprint density at radius 3 is 2.83 bits per heavy atom. The average molecular weight is 242 g/mol. The lowest BCUT2D eigenvalue weighted by atomic mass is 10.1. The predicted octanol–water partition coefficient (Wildman–Crippen LogP) is 3.20. The second-order valence-electron chi connectivity index (χ2n) is 4.22. The zero-order valence-corrected chi connectivity index (χ0v) is 10.8. The molecule has 3 heteroatoms. The van der Waals surface area contributed by atoms with Gasteiger partial charge in [0.25, 0.3) is 0 Å². The van der Waals surface area contributed by atoms with Crippen LogP contribution in [0.1, 0.15) is 23.6 Å². The summed E-state index contributed by atoms with van der Waals surface area (Å²) in [7, 11) is 0. The number of nitrogens with zero attached hydrogens (tertiary/aromatic N) is 1. The van der Waals surface area contributed by atoms with Gasteiger partial charge in [-0.15, -0.1) is 0 Å². The van der Waals surface area contributed by atoms with Gasteiger partial charge in [0.05, 0.1) is 0 Å². The van der Waals surface area contributed by atoms with Gasteiger partial charge in [0.2, 0.25) is 5.88 Å². The summed E-state index contributed by atoms with van der Waals surface area (Å²) < 4.78 is 5.83. The molecule has 1 aromatic carbocycles. The summed E-state index contributed by atoms with van der Waals surface area (Å²) in [4.78, 5) is 4.26. The van der Waals surface area contributed by atoms with E-state index in [0.717, 1.165) is 23.3 Å². The van der Waals surface area contributed by atoms with Gasteiger partial charge in [-0.05, 0) is 42.7 Å². The van der Waals surface area contributed by atoms with Crippen LogP contribution in [0.25, 0.3) is 0 Å². The highest BCUT2D eigenvalue weighted by Crippen LogP contribution is 2.25. The number of pyridine rings is 1.